The summed E-state index contributed by atoms with van der Waals surface area (Å²) in [5.74, 6) is 1.07. The first-order valence-electron chi connectivity index (χ1n) is 12.1. The quantitative estimate of drug-likeness (QED) is 0.429. The smallest absolute Gasteiger partial charge is 0.315 e. The number of benzene rings is 1. The second kappa shape index (κ2) is 9.13. The number of H-pyrrole nitrogens is 1. The third-order valence-electron chi connectivity index (χ3n) is 6.46. The maximum absolute atomic E-state index is 12.6. The van der Waals surface area contributed by atoms with Crippen LogP contribution in [0.1, 0.15) is 75.1 Å². The Balaban J connectivity index is 1.36. The van der Waals surface area contributed by atoms with Crippen LogP contribution < -0.4 is 10.2 Å². The van der Waals surface area contributed by atoms with Crippen molar-refractivity contribution in [1.82, 2.24) is 30.6 Å². The number of carbonyl (C=O) groups excluding carboxylic acids is 1. The summed E-state index contributed by atoms with van der Waals surface area (Å²) < 4.78 is 5.17. The van der Waals surface area contributed by atoms with Crippen LogP contribution in [0.25, 0.3) is 22.2 Å². The number of rotatable bonds is 5. The van der Waals surface area contributed by atoms with Gasteiger partial charge in [-0.05, 0) is 48.9 Å². The van der Waals surface area contributed by atoms with Crippen molar-refractivity contribution in [2.75, 3.05) is 18.0 Å². The molecule has 1 aliphatic rings. The predicted octanol–water partition coefficient (Wildman–Crippen LogP) is 4.79. The molecule has 0 saturated carbocycles. The number of piperidine rings is 1. The van der Waals surface area contributed by atoms with Gasteiger partial charge in [0.15, 0.2) is 17.3 Å². The lowest BCUT2D eigenvalue weighted by atomic mass is 9.96. The molecule has 3 aromatic heterocycles. The van der Waals surface area contributed by atoms with Gasteiger partial charge in [-0.1, -0.05) is 50.2 Å². The lowest BCUT2D eigenvalue weighted by Crippen LogP contribution is -2.29. The molecule has 1 aromatic carbocycles. The molecule has 4 heterocycles. The van der Waals surface area contributed by atoms with E-state index in [1.165, 1.54) is 19.3 Å². The molecule has 9 nitrogen and oxygen atoms in total. The molecule has 1 atom stereocenters. The van der Waals surface area contributed by atoms with Crippen molar-refractivity contribution in [2.24, 2.45) is 0 Å². The first kappa shape index (κ1) is 23.0. The molecule has 0 radical (unpaired) electrons. The van der Waals surface area contributed by atoms with Crippen LogP contribution in [0.4, 0.5) is 5.82 Å². The first-order valence-corrected chi connectivity index (χ1v) is 12.1. The Morgan fingerprint density at radius 3 is 2.54 bits per heavy atom. The Hall–Kier alpha value is -3.75. The number of hydrogen-bond acceptors (Lipinski definition) is 7. The summed E-state index contributed by atoms with van der Waals surface area (Å²) in [6.07, 6.45) is 5.44. The van der Waals surface area contributed by atoms with Gasteiger partial charge in [0.25, 0.3) is 0 Å². The number of nitrogens with one attached hydrogen (secondary N) is 2. The van der Waals surface area contributed by atoms with Crippen LogP contribution in [-0.2, 0) is 5.41 Å². The SMILES string of the molecule is C[C@@H](NC(=O)c1nc(C(C)(C)C)no1)c1ccc(-c2ccnc3[nH]nc(N4CCCCC4)c23)cc1. The maximum atomic E-state index is 12.6. The second-order valence-corrected chi connectivity index (χ2v) is 10.2. The highest BCUT2D eigenvalue weighted by Gasteiger charge is 2.25. The molecular formula is C26H31N7O2. The third-order valence-corrected chi connectivity index (χ3v) is 6.46. The van der Waals surface area contributed by atoms with Gasteiger partial charge in [0.1, 0.15) is 0 Å². The molecule has 1 aliphatic heterocycles. The largest absolute Gasteiger partial charge is 0.355 e. The van der Waals surface area contributed by atoms with Crippen LogP contribution in [-0.4, -0.2) is 44.3 Å². The third kappa shape index (κ3) is 4.62. The fourth-order valence-electron chi connectivity index (χ4n) is 4.42. The van der Waals surface area contributed by atoms with Crippen LogP contribution in [0, 0.1) is 0 Å². The summed E-state index contributed by atoms with van der Waals surface area (Å²) in [5, 5.41) is 15.6. The molecular weight excluding hydrogens is 442 g/mol. The molecule has 1 fully saturated rings. The Morgan fingerprint density at radius 2 is 1.86 bits per heavy atom. The number of pyridine rings is 1. The zero-order valence-corrected chi connectivity index (χ0v) is 20.6. The van der Waals surface area contributed by atoms with E-state index in [1.807, 2.05) is 52.1 Å². The summed E-state index contributed by atoms with van der Waals surface area (Å²) in [7, 11) is 0. The van der Waals surface area contributed by atoms with Gasteiger partial charge in [0.05, 0.1) is 11.4 Å². The highest BCUT2D eigenvalue weighted by atomic mass is 16.5. The van der Waals surface area contributed by atoms with Crippen molar-refractivity contribution < 1.29 is 9.32 Å². The van der Waals surface area contributed by atoms with Crippen molar-refractivity contribution in [3.63, 3.8) is 0 Å². The van der Waals surface area contributed by atoms with Crippen LogP contribution in [0.5, 0.6) is 0 Å². The van der Waals surface area contributed by atoms with E-state index in [1.54, 1.807) is 0 Å². The highest BCUT2D eigenvalue weighted by molar-refractivity contribution is 6.00. The number of aromatic amines is 1. The van der Waals surface area contributed by atoms with Gasteiger partial charge < -0.3 is 14.7 Å². The Morgan fingerprint density at radius 1 is 1.11 bits per heavy atom. The molecule has 9 heteroatoms. The molecule has 5 rings (SSSR count). The summed E-state index contributed by atoms with van der Waals surface area (Å²) in [4.78, 5) is 23.7. The van der Waals surface area contributed by atoms with Crippen LogP contribution in [0.3, 0.4) is 0 Å². The number of aromatic nitrogens is 5. The lowest BCUT2D eigenvalue weighted by molar-refractivity contribution is 0.0895. The number of fused-ring (bicyclic) bond motifs is 1. The molecule has 2 N–H and O–H groups in total. The molecule has 1 saturated heterocycles. The topological polar surface area (TPSA) is 113 Å². The Labute approximate surface area is 204 Å². The van der Waals surface area contributed by atoms with E-state index in [9.17, 15) is 4.79 Å². The molecule has 1 amide bonds. The van der Waals surface area contributed by atoms with Crippen LogP contribution in [0.2, 0.25) is 0 Å². The number of carbonyl (C=O) groups is 1. The normalized spacial score (nSPS) is 15.4. The fourth-order valence-corrected chi connectivity index (χ4v) is 4.42. The fraction of sp³-hybridized carbons (Fsp3) is 0.423. The second-order valence-electron chi connectivity index (χ2n) is 10.2. The van der Waals surface area contributed by atoms with E-state index in [-0.39, 0.29) is 23.3 Å². The molecule has 0 bridgehead atoms. The Kier molecular flexibility index (Phi) is 6.00. The molecule has 35 heavy (non-hydrogen) atoms. The number of amides is 1. The molecule has 0 aliphatic carbocycles. The van der Waals surface area contributed by atoms with Gasteiger partial charge in [-0.3, -0.25) is 9.89 Å². The van der Waals surface area contributed by atoms with Gasteiger partial charge in [-0.15, -0.1) is 0 Å². The monoisotopic (exact) mass is 473 g/mol. The van der Waals surface area contributed by atoms with E-state index in [2.05, 4.69) is 47.7 Å². The highest BCUT2D eigenvalue weighted by Crippen LogP contribution is 2.34. The molecule has 182 valence electrons. The van der Waals surface area contributed by atoms with Crippen LogP contribution >= 0.6 is 0 Å². The van der Waals surface area contributed by atoms with Crippen molar-refractivity contribution in [3.05, 3.63) is 53.8 Å². The minimum atomic E-state index is -0.384. The summed E-state index contributed by atoms with van der Waals surface area (Å²) in [6, 6.07) is 10.0. The lowest BCUT2D eigenvalue weighted by Gasteiger charge is -2.27. The molecule has 0 spiro atoms. The molecule has 0 unspecified atom stereocenters. The number of nitrogens with zero attached hydrogens (tertiary/aromatic N) is 5. The van der Waals surface area contributed by atoms with Gasteiger partial charge in [0.2, 0.25) is 0 Å². The maximum Gasteiger partial charge on any atom is 0.315 e. The first-order chi connectivity index (χ1) is 16.8. The number of anilines is 1. The van der Waals surface area contributed by atoms with Crippen molar-refractivity contribution >= 4 is 22.8 Å². The standard InChI is InChI=1S/C26H31N7O2/c1-16(28-23(34)24-29-25(32-35-24)26(2,3)4)17-8-10-18(11-9-17)19-12-13-27-21-20(19)22(31-30-21)33-14-6-5-7-15-33/h8-13,16H,5-7,14-15H2,1-4H3,(H,28,34)(H,27,30,31)/t16-/m1/s1. The molecule has 4 aromatic rings. The van der Waals surface area contributed by atoms with Gasteiger partial charge in [-0.25, -0.2) is 4.98 Å². The van der Waals surface area contributed by atoms with E-state index in [0.29, 0.717) is 5.82 Å². The summed E-state index contributed by atoms with van der Waals surface area (Å²) >= 11 is 0. The van der Waals surface area contributed by atoms with E-state index in [4.69, 9.17) is 4.52 Å². The average Bonchev–Trinajstić information content (AvgIpc) is 3.52. The Bertz CT molecular complexity index is 1330. The van der Waals surface area contributed by atoms with Crippen LogP contribution in [0.15, 0.2) is 41.1 Å². The van der Waals surface area contributed by atoms with E-state index >= 15 is 0 Å². The van der Waals surface area contributed by atoms with Crippen molar-refractivity contribution in [3.8, 4) is 11.1 Å². The van der Waals surface area contributed by atoms with Crippen molar-refractivity contribution in [2.45, 2.75) is 58.4 Å². The van der Waals surface area contributed by atoms with E-state index in [0.717, 1.165) is 46.6 Å². The minimum Gasteiger partial charge on any atom is -0.355 e. The van der Waals surface area contributed by atoms with Gasteiger partial charge >= 0.3 is 11.8 Å². The van der Waals surface area contributed by atoms with E-state index < -0.39 is 0 Å². The minimum absolute atomic E-state index is 0.0252. The predicted molar refractivity (Wildman–Crippen MR) is 134 cm³/mol. The zero-order valence-electron chi connectivity index (χ0n) is 20.6. The number of hydrogen-bond donors (Lipinski definition) is 2. The summed E-state index contributed by atoms with van der Waals surface area (Å²) in [5.41, 5.74) is 3.65. The van der Waals surface area contributed by atoms with Gasteiger partial charge in [-0.2, -0.15) is 10.1 Å². The van der Waals surface area contributed by atoms with Crippen molar-refractivity contribution in [1.29, 1.82) is 0 Å². The summed E-state index contributed by atoms with van der Waals surface area (Å²) in [6.45, 7) is 9.88. The average molecular weight is 474 g/mol. The van der Waals surface area contributed by atoms with Gasteiger partial charge in [0, 0.05) is 24.7 Å². The zero-order chi connectivity index (χ0) is 24.6.